The molecule has 0 radical (unpaired) electrons. The molecule has 0 aliphatic carbocycles. The van der Waals surface area contributed by atoms with Gasteiger partial charge in [-0.05, 0) is 67.9 Å². The number of carbonyl (C=O) groups excluding carboxylic acids is 1. The molecule has 0 saturated heterocycles. The van der Waals surface area contributed by atoms with Crippen molar-refractivity contribution >= 4 is 37.5 Å². The number of halogens is 1. The van der Waals surface area contributed by atoms with Gasteiger partial charge in [-0.25, -0.2) is 13.6 Å². The van der Waals surface area contributed by atoms with Gasteiger partial charge in [-0.15, -0.1) is 0 Å². The minimum atomic E-state index is -3.68. The van der Waals surface area contributed by atoms with Gasteiger partial charge in [-0.3, -0.25) is 4.79 Å². The Bertz CT molecular complexity index is 1200. The van der Waals surface area contributed by atoms with Crippen LogP contribution < -0.4 is 20.5 Å². The van der Waals surface area contributed by atoms with Gasteiger partial charge in [-0.2, -0.15) is 0 Å². The van der Waals surface area contributed by atoms with E-state index in [1.54, 1.807) is 12.1 Å². The first-order valence-corrected chi connectivity index (χ1v) is 12.6. The standard InChI is InChI=1S/C24H26BrN3O4S/c1-17-2-7-21(8-3-17)28-24(29)16-32-23-11-6-20(25)14-19(23)15-27-13-12-18-4-9-22(10-5-18)33(26,30)31/h2-11,14,27H,12-13,15-16H2,1H3,(H,28,29)(H2,26,30,31). The molecule has 3 rings (SSSR count). The lowest BCUT2D eigenvalue weighted by Crippen LogP contribution is -2.21. The van der Waals surface area contributed by atoms with E-state index in [2.05, 4.69) is 26.6 Å². The van der Waals surface area contributed by atoms with Crippen LogP contribution in [0.4, 0.5) is 5.69 Å². The third kappa shape index (κ3) is 7.97. The van der Waals surface area contributed by atoms with E-state index in [9.17, 15) is 13.2 Å². The van der Waals surface area contributed by atoms with E-state index in [0.717, 1.165) is 26.9 Å². The summed E-state index contributed by atoms with van der Waals surface area (Å²) < 4.78 is 29.4. The summed E-state index contributed by atoms with van der Waals surface area (Å²) in [6, 6.07) is 19.7. The maximum absolute atomic E-state index is 12.2. The van der Waals surface area contributed by atoms with Gasteiger partial charge in [0.05, 0.1) is 4.90 Å². The van der Waals surface area contributed by atoms with Crippen LogP contribution in [0.15, 0.2) is 76.1 Å². The van der Waals surface area contributed by atoms with Gasteiger partial charge in [0, 0.05) is 22.3 Å². The molecule has 3 aromatic rings. The minimum absolute atomic E-state index is 0.0983. The van der Waals surface area contributed by atoms with E-state index < -0.39 is 10.0 Å². The summed E-state index contributed by atoms with van der Waals surface area (Å²) in [6.07, 6.45) is 0.716. The van der Waals surface area contributed by atoms with Gasteiger partial charge < -0.3 is 15.4 Å². The molecule has 1 amide bonds. The molecule has 0 saturated carbocycles. The summed E-state index contributed by atoms with van der Waals surface area (Å²) in [7, 11) is -3.68. The normalized spacial score (nSPS) is 11.2. The van der Waals surface area contributed by atoms with Crippen molar-refractivity contribution in [2.45, 2.75) is 24.8 Å². The Morgan fingerprint density at radius 3 is 2.39 bits per heavy atom. The predicted molar refractivity (Wildman–Crippen MR) is 133 cm³/mol. The second-order valence-corrected chi connectivity index (χ2v) is 10.0. The summed E-state index contributed by atoms with van der Waals surface area (Å²) in [5.74, 6) is 0.394. The summed E-state index contributed by atoms with van der Waals surface area (Å²) in [6.45, 7) is 3.11. The zero-order chi connectivity index (χ0) is 23.8. The number of nitrogens with one attached hydrogen (secondary N) is 2. The molecule has 0 spiro atoms. The molecule has 0 bridgehead atoms. The topological polar surface area (TPSA) is 111 Å². The largest absolute Gasteiger partial charge is 0.483 e. The number of sulfonamides is 1. The van der Waals surface area contributed by atoms with Crippen molar-refractivity contribution < 1.29 is 17.9 Å². The lowest BCUT2D eigenvalue weighted by Gasteiger charge is -2.13. The van der Waals surface area contributed by atoms with Crippen molar-refractivity contribution in [3.63, 3.8) is 0 Å². The van der Waals surface area contributed by atoms with Crippen LogP contribution in [0.25, 0.3) is 0 Å². The van der Waals surface area contributed by atoms with Crippen LogP contribution in [0.1, 0.15) is 16.7 Å². The van der Waals surface area contributed by atoms with E-state index in [-0.39, 0.29) is 17.4 Å². The molecule has 0 heterocycles. The first-order chi connectivity index (χ1) is 15.7. The number of benzene rings is 3. The lowest BCUT2D eigenvalue weighted by atomic mass is 10.1. The molecule has 0 aliphatic rings. The average Bonchev–Trinajstić information content (AvgIpc) is 2.77. The van der Waals surface area contributed by atoms with Gasteiger partial charge in [0.25, 0.3) is 5.91 Å². The Morgan fingerprint density at radius 2 is 1.73 bits per heavy atom. The van der Waals surface area contributed by atoms with Crippen molar-refractivity contribution in [3.8, 4) is 5.75 Å². The Hall–Kier alpha value is -2.72. The molecule has 9 heteroatoms. The second-order valence-electron chi connectivity index (χ2n) is 7.57. The highest BCUT2D eigenvalue weighted by Crippen LogP contribution is 2.23. The third-order valence-corrected chi connectivity index (χ3v) is 6.30. The molecule has 0 atom stereocenters. The number of aryl methyl sites for hydroxylation is 1. The number of rotatable bonds is 10. The first kappa shape index (κ1) is 24.9. The highest BCUT2D eigenvalue weighted by Gasteiger charge is 2.09. The number of anilines is 1. The molecule has 0 unspecified atom stereocenters. The Balaban J connectivity index is 1.50. The van der Waals surface area contributed by atoms with E-state index in [4.69, 9.17) is 9.88 Å². The Morgan fingerprint density at radius 1 is 1.03 bits per heavy atom. The minimum Gasteiger partial charge on any atom is -0.483 e. The monoisotopic (exact) mass is 531 g/mol. The van der Waals surface area contributed by atoms with Crippen molar-refractivity contribution in [3.05, 3.63) is 87.9 Å². The van der Waals surface area contributed by atoms with E-state index in [0.29, 0.717) is 25.3 Å². The number of nitrogens with two attached hydrogens (primary N) is 1. The van der Waals surface area contributed by atoms with Gasteiger partial charge in [0.15, 0.2) is 6.61 Å². The van der Waals surface area contributed by atoms with Crippen LogP contribution in [0.5, 0.6) is 5.75 Å². The highest BCUT2D eigenvalue weighted by molar-refractivity contribution is 9.10. The molecular formula is C24H26BrN3O4S. The van der Waals surface area contributed by atoms with Crippen molar-refractivity contribution in [2.24, 2.45) is 5.14 Å². The van der Waals surface area contributed by atoms with Crippen molar-refractivity contribution in [2.75, 3.05) is 18.5 Å². The van der Waals surface area contributed by atoms with Crippen LogP contribution in [0.2, 0.25) is 0 Å². The quantitative estimate of drug-likeness (QED) is 0.345. The van der Waals surface area contributed by atoms with Gasteiger partial charge >= 0.3 is 0 Å². The van der Waals surface area contributed by atoms with Gasteiger partial charge in [0.1, 0.15) is 5.75 Å². The molecule has 4 N–H and O–H groups in total. The Kier molecular flexibility index (Phi) is 8.62. The lowest BCUT2D eigenvalue weighted by molar-refractivity contribution is -0.118. The fourth-order valence-corrected chi connectivity index (χ4v) is 4.03. The first-order valence-electron chi connectivity index (χ1n) is 10.3. The van der Waals surface area contributed by atoms with Crippen LogP contribution in [-0.2, 0) is 27.8 Å². The summed E-state index contributed by atoms with van der Waals surface area (Å²) in [5, 5.41) is 11.3. The fraction of sp³-hybridized carbons (Fsp3) is 0.208. The SMILES string of the molecule is Cc1ccc(NC(=O)COc2ccc(Br)cc2CNCCc2ccc(S(N)(=O)=O)cc2)cc1. The van der Waals surface area contributed by atoms with E-state index in [1.807, 2.05) is 49.4 Å². The molecule has 0 aromatic heterocycles. The molecule has 33 heavy (non-hydrogen) atoms. The number of hydrogen-bond donors (Lipinski definition) is 3. The number of carbonyl (C=O) groups is 1. The molecule has 7 nitrogen and oxygen atoms in total. The third-order valence-electron chi connectivity index (χ3n) is 4.87. The summed E-state index contributed by atoms with van der Waals surface area (Å²) >= 11 is 3.47. The van der Waals surface area contributed by atoms with Gasteiger partial charge in [-0.1, -0.05) is 45.8 Å². The molecule has 174 valence electrons. The molecule has 0 fully saturated rings. The number of hydrogen-bond acceptors (Lipinski definition) is 5. The van der Waals surface area contributed by atoms with Crippen LogP contribution in [0.3, 0.4) is 0 Å². The fourth-order valence-electron chi connectivity index (χ4n) is 3.11. The maximum atomic E-state index is 12.2. The molecule has 0 aliphatic heterocycles. The van der Waals surface area contributed by atoms with Crippen LogP contribution in [-0.4, -0.2) is 27.5 Å². The van der Waals surface area contributed by atoms with Crippen molar-refractivity contribution in [1.82, 2.24) is 5.32 Å². The van der Waals surface area contributed by atoms with E-state index in [1.165, 1.54) is 12.1 Å². The van der Waals surface area contributed by atoms with Gasteiger partial charge in [0.2, 0.25) is 10.0 Å². The number of amides is 1. The zero-order valence-electron chi connectivity index (χ0n) is 18.2. The predicted octanol–water partition coefficient (Wildman–Crippen LogP) is 3.75. The van der Waals surface area contributed by atoms with E-state index >= 15 is 0 Å². The Labute approximate surface area is 202 Å². The van der Waals surface area contributed by atoms with Crippen LogP contribution in [0, 0.1) is 6.92 Å². The maximum Gasteiger partial charge on any atom is 0.262 e. The average molecular weight is 532 g/mol. The second kappa shape index (κ2) is 11.4. The zero-order valence-corrected chi connectivity index (χ0v) is 20.6. The molecular weight excluding hydrogens is 506 g/mol. The number of primary sulfonamides is 1. The summed E-state index contributed by atoms with van der Waals surface area (Å²) in [5.41, 5.74) is 3.76. The smallest absolute Gasteiger partial charge is 0.262 e. The summed E-state index contributed by atoms with van der Waals surface area (Å²) in [4.78, 5) is 12.3. The molecule has 3 aromatic carbocycles. The highest BCUT2D eigenvalue weighted by atomic mass is 79.9. The van der Waals surface area contributed by atoms with Crippen LogP contribution >= 0.6 is 15.9 Å². The number of ether oxygens (including phenoxy) is 1. The van der Waals surface area contributed by atoms with Crippen molar-refractivity contribution in [1.29, 1.82) is 0 Å².